The van der Waals surface area contributed by atoms with Gasteiger partial charge in [-0.15, -0.1) is 0 Å². The molecule has 0 aliphatic heterocycles. The molecule has 0 fully saturated rings. The average molecular weight is 256 g/mol. The van der Waals surface area contributed by atoms with Gasteiger partial charge in [0.25, 0.3) is 0 Å². The summed E-state index contributed by atoms with van der Waals surface area (Å²) in [6.07, 6.45) is 1.56. The van der Waals surface area contributed by atoms with Gasteiger partial charge in [-0.2, -0.15) is 0 Å². The Bertz CT molecular complexity index is 451. The highest BCUT2D eigenvalue weighted by atomic mass is 32.2. The first-order chi connectivity index (χ1) is 8.06. The van der Waals surface area contributed by atoms with E-state index in [4.69, 9.17) is 5.11 Å². The second-order valence-electron chi connectivity index (χ2n) is 2.93. The summed E-state index contributed by atoms with van der Waals surface area (Å²) in [5, 5.41) is 18.4. The van der Waals surface area contributed by atoms with Gasteiger partial charge in [0.05, 0.1) is 4.92 Å². The Kier molecular flexibility index (Phi) is 4.58. The van der Waals surface area contributed by atoms with Crippen molar-refractivity contribution in [2.24, 2.45) is 0 Å². The van der Waals surface area contributed by atoms with Crippen LogP contribution in [-0.4, -0.2) is 32.5 Å². The number of carboxylic acid groups (broad SMARTS) is 1. The molecule has 0 amide bonds. The minimum Gasteiger partial charge on any atom is -0.480 e. The quantitative estimate of drug-likeness (QED) is 0.351. The number of aromatic nitrogens is 1. The van der Waals surface area contributed by atoms with Crippen molar-refractivity contribution in [1.82, 2.24) is 4.98 Å². The molecule has 1 aromatic heterocycles. The van der Waals surface area contributed by atoms with Crippen molar-refractivity contribution in [3.8, 4) is 0 Å². The number of aliphatic carboxylic acids is 1. The third kappa shape index (κ3) is 3.52. The van der Waals surface area contributed by atoms with Crippen LogP contribution < -0.4 is 0 Å². The normalized spacial score (nSPS) is 11.8. The van der Waals surface area contributed by atoms with Crippen LogP contribution in [0.1, 0.15) is 6.42 Å². The van der Waals surface area contributed by atoms with Crippen LogP contribution in [0.15, 0.2) is 23.4 Å². The minimum atomic E-state index is -1.21. The summed E-state index contributed by atoms with van der Waals surface area (Å²) in [4.78, 5) is 34.9. The van der Waals surface area contributed by atoms with Crippen molar-refractivity contribution in [1.29, 1.82) is 0 Å². The minimum absolute atomic E-state index is 0.00764. The molecule has 0 spiro atoms. The Morgan fingerprint density at radius 2 is 2.41 bits per heavy atom. The molecule has 1 unspecified atom stereocenters. The van der Waals surface area contributed by atoms with Crippen molar-refractivity contribution in [2.45, 2.75) is 16.7 Å². The zero-order valence-corrected chi connectivity index (χ0v) is 9.29. The number of nitro groups is 1. The lowest BCUT2D eigenvalue weighted by molar-refractivity contribution is -0.388. The topological polar surface area (TPSA) is 110 Å². The van der Waals surface area contributed by atoms with Gasteiger partial charge in [-0.25, -0.2) is 4.98 Å². The number of aldehydes is 1. The molecule has 1 heterocycles. The van der Waals surface area contributed by atoms with Gasteiger partial charge in [0.15, 0.2) is 5.03 Å². The van der Waals surface area contributed by atoms with E-state index in [0.29, 0.717) is 18.0 Å². The summed E-state index contributed by atoms with van der Waals surface area (Å²) in [5.74, 6) is -1.21. The molecule has 17 heavy (non-hydrogen) atoms. The van der Waals surface area contributed by atoms with Gasteiger partial charge in [-0.3, -0.25) is 14.9 Å². The molecule has 0 saturated carbocycles. The van der Waals surface area contributed by atoms with E-state index < -0.39 is 16.1 Å². The van der Waals surface area contributed by atoms with Gasteiger partial charge < -0.3 is 9.90 Å². The van der Waals surface area contributed by atoms with Gasteiger partial charge >= 0.3 is 11.7 Å². The Hall–Kier alpha value is -1.96. The summed E-state index contributed by atoms with van der Waals surface area (Å²) >= 11 is 0.693. The van der Waals surface area contributed by atoms with Crippen LogP contribution in [0.3, 0.4) is 0 Å². The van der Waals surface area contributed by atoms with Crippen molar-refractivity contribution < 1.29 is 19.6 Å². The number of rotatable bonds is 6. The highest BCUT2D eigenvalue weighted by Crippen LogP contribution is 2.30. The van der Waals surface area contributed by atoms with Gasteiger partial charge in [0.2, 0.25) is 0 Å². The molecule has 1 N–H and O–H groups in total. The number of pyridine rings is 1. The first-order valence-electron chi connectivity index (χ1n) is 4.48. The number of carbonyl (C=O) groups excluding carboxylic acids is 1. The number of hydrogen-bond acceptors (Lipinski definition) is 6. The molecule has 1 aromatic rings. The third-order valence-electron chi connectivity index (χ3n) is 1.79. The van der Waals surface area contributed by atoms with Gasteiger partial charge in [-0.05, 0) is 6.07 Å². The van der Waals surface area contributed by atoms with Crippen molar-refractivity contribution >= 4 is 29.7 Å². The molecule has 8 heteroatoms. The molecule has 1 rings (SSSR count). The molecule has 90 valence electrons. The van der Waals surface area contributed by atoms with Crippen LogP contribution in [0.4, 0.5) is 5.69 Å². The van der Waals surface area contributed by atoms with Crippen LogP contribution in [0.5, 0.6) is 0 Å². The molecule has 1 atom stereocenters. The first kappa shape index (κ1) is 13.1. The largest absolute Gasteiger partial charge is 0.480 e. The molecule has 0 aliphatic carbocycles. The molecule has 0 radical (unpaired) electrons. The lowest BCUT2D eigenvalue weighted by Crippen LogP contribution is -2.17. The maximum atomic E-state index is 10.8. The average Bonchev–Trinajstić information content (AvgIpc) is 2.28. The Labute approximate surface area is 100 Å². The zero-order valence-electron chi connectivity index (χ0n) is 8.48. The summed E-state index contributed by atoms with van der Waals surface area (Å²) in [5.41, 5.74) is -0.269. The van der Waals surface area contributed by atoms with E-state index in [1.54, 1.807) is 0 Å². The van der Waals surface area contributed by atoms with Crippen molar-refractivity contribution in [3.05, 3.63) is 28.4 Å². The molecule has 7 nitrogen and oxygen atoms in total. The molecule has 0 saturated heterocycles. The van der Waals surface area contributed by atoms with Crippen molar-refractivity contribution in [3.63, 3.8) is 0 Å². The maximum Gasteiger partial charge on any atom is 0.317 e. The second kappa shape index (κ2) is 5.94. The highest BCUT2D eigenvalue weighted by Gasteiger charge is 2.24. The first-order valence-corrected chi connectivity index (χ1v) is 5.36. The van der Waals surface area contributed by atoms with E-state index in [2.05, 4.69) is 4.98 Å². The lowest BCUT2D eigenvalue weighted by atomic mass is 10.3. The molecular formula is C9H8N2O5S. The van der Waals surface area contributed by atoms with Crippen molar-refractivity contribution in [2.75, 3.05) is 0 Å². The fourth-order valence-corrected chi connectivity index (χ4v) is 1.96. The predicted molar refractivity (Wildman–Crippen MR) is 58.9 cm³/mol. The van der Waals surface area contributed by atoms with E-state index in [0.717, 1.165) is 0 Å². The van der Waals surface area contributed by atoms with E-state index in [1.165, 1.54) is 18.3 Å². The zero-order chi connectivity index (χ0) is 12.8. The van der Waals surface area contributed by atoms with Crippen LogP contribution in [-0.2, 0) is 9.59 Å². The van der Waals surface area contributed by atoms with E-state index >= 15 is 0 Å². The number of carboxylic acids is 1. The predicted octanol–water partition coefficient (Wildman–Crippen LogP) is 1.12. The number of carbonyl (C=O) groups is 2. The summed E-state index contributed by atoms with van der Waals surface area (Å²) in [6.45, 7) is 0. The van der Waals surface area contributed by atoms with Crippen LogP contribution in [0.25, 0.3) is 0 Å². The van der Waals surface area contributed by atoms with E-state index in [9.17, 15) is 19.7 Å². The Balaban J connectivity index is 2.96. The fraction of sp³-hybridized carbons (Fsp3) is 0.222. The van der Waals surface area contributed by atoms with Crippen LogP contribution >= 0.6 is 11.8 Å². The molecule has 0 aliphatic rings. The van der Waals surface area contributed by atoms with Crippen LogP contribution in [0.2, 0.25) is 0 Å². The molecule has 0 bridgehead atoms. The SMILES string of the molecule is O=CCC(Sc1ncccc1[N+](=O)[O-])C(=O)O. The molecular weight excluding hydrogens is 248 g/mol. The Morgan fingerprint density at radius 1 is 1.71 bits per heavy atom. The summed E-state index contributed by atoms with van der Waals surface area (Å²) in [6, 6.07) is 2.62. The van der Waals surface area contributed by atoms with Gasteiger partial charge in [0.1, 0.15) is 11.5 Å². The smallest absolute Gasteiger partial charge is 0.317 e. The number of nitrogens with zero attached hydrogens (tertiary/aromatic N) is 2. The Morgan fingerprint density at radius 3 is 2.94 bits per heavy atom. The van der Waals surface area contributed by atoms with E-state index in [-0.39, 0.29) is 17.1 Å². The number of hydrogen-bond donors (Lipinski definition) is 1. The van der Waals surface area contributed by atoms with Gasteiger partial charge in [-0.1, -0.05) is 11.8 Å². The molecule has 0 aromatic carbocycles. The van der Waals surface area contributed by atoms with E-state index in [1.807, 2.05) is 0 Å². The van der Waals surface area contributed by atoms with Crippen LogP contribution in [0, 0.1) is 10.1 Å². The number of thioether (sulfide) groups is 1. The second-order valence-corrected chi connectivity index (χ2v) is 4.12. The summed E-state index contributed by atoms with van der Waals surface area (Å²) < 4.78 is 0. The lowest BCUT2D eigenvalue weighted by Gasteiger charge is -2.07. The maximum absolute atomic E-state index is 10.8. The third-order valence-corrected chi connectivity index (χ3v) is 3.00. The van der Waals surface area contributed by atoms with Gasteiger partial charge in [0, 0.05) is 18.7 Å². The highest BCUT2D eigenvalue weighted by molar-refractivity contribution is 8.00. The monoisotopic (exact) mass is 256 g/mol. The fourth-order valence-electron chi connectivity index (χ4n) is 1.03. The standard InChI is InChI=1S/C9H8N2O5S/c12-5-3-7(9(13)14)17-8-6(11(15)16)2-1-4-10-8/h1-2,4-5,7H,3H2,(H,13,14). The summed E-state index contributed by atoms with van der Waals surface area (Å²) in [7, 11) is 0.